The standard InChI is InChI=1S/C49H51F4N11O5/c50-36-24-31(35-12-14-40(65)59-47(35)68)11-13-37(36)62-22-20-61(21-23-62)19-16-41(66)63-28-34-26-38(63)48(69)56-17-5-3-1-2-4-6-32-27-57-45(54)42-43(60-64(34)44(32)42)29-7-9-30(10-8-29)46(67)58-39-25-33(15-18-55-39)49(51,52)53/h4,6-11,13,15,18,24-25,27,34-35,38H,1-3,5,12,14,16-17,19-23,26,28H2,(H2,54,57)(H,56,69)(H,55,58,67)(H,59,65,68)/b6-4+/t34-,35?,38+/m0/s1. The van der Waals surface area contributed by atoms with Crippen LogP contribution in [0, 0.1) is 5.82 Å². The smallest absolute Gasteiger partial charge is 0.383 e. The van der Waals surface area contributed by atoms with Crippen molar-refractivity contribution in [3.63, 3.8) is 0 Å². The Labute approximate surface area is 394 Å². The van der Waals surface area contributed by atoms with E-state index < -0.39 is 47.4 Å². The number of likely N-dealkylation sites (tertiary alicyclic amines) is 1. The Bertz CT molecular complexity index is 2820. The van der Waals surface area contributed by atoms with Crippen molar-refractivity contribution in [3.8, 4) is 11.3 Å². The summed E-state index contributed by atoms with van der Waals surface area (Å²) >= 11 is 0. The molecule has 1 unspecified atom stereocenters. The number of carbonyl (C=O) groups excluding carboxylic acids is 5. The molecule has 3 aromatic heterocycles. The molecular formula is C49H51F4N11O5. The lowest BCUT2D eigenvalue weighted by Crippen LogP contribution is -2.49. The van der Waals surface area contributed by atoms with E-state index in [-0.39, 0.29) is 60.7 Å². The van der Waals surface area contributed by atoms with Crippen molar-refractivity contribution < 1.29 is 41.5 Å². The van der Waals surface area contributed by atoms with Gasteiger partial charge in [-0.05, 0) is 67.6 Å². The molecule has 0 radical (unpaired) electrons. The average molecular weight is 950 g/mol. The lowest BCUT2D eigenvalue weighted by Gasteiger charge is -2.36. The van der Waals surface area contributed by atoms with Gasteiger partial charge in [0.1, 0.15) is 29.2 Å². The number of alkyl halides is 3. The number of carbonyl (C=O) groups is 5. The van der Waals surface area contributed by atoms with Gasteiger partial charge in [0.25, 0.3) is 5.91 Å². The van der Waals surface area contributed by atoms with Crippen LogP contribution in [0.3, 0.4) is 0 Å². The number of aromatic nitrogens is 4. The zero-order valence-electron chi connectivity index (χ0n) is 37.6. The lowest BCUT2D eigenvalue weighted by molar-refractivity contribution is -0.138. The van der Waals surface area contributed by atoms with Crippen molar-refractivity contribution in [3.05, 3.63) is 101 Å². The molecule has 9 rings (SSSR count). The number of nitrogens with zero attached hydrogens (tertiary/aromatic N) is 7. The second kappa shape index (κ2) is 19.8. The molecule has 3 atom stereocenters. The molecule has 69 heavy (non-hydrogen) atoms. The molecular weight excluding hydrogens is 899 g/mol. The highest BCUT2D eigenvalue weighted by atomic mass is 19.4. The van der Waals surface area contributed by atoms with Crippen LogP contribution in [0.1, 0.15) is 90.4 Å². The van der Waals surface area contributed by atoms with E-state index in [0.717, 1.165) is 49.6 Å². The number of allylic oxidation sites excluding steroid dienone is 1. The van der Waals surface area contributed by atoms with Gasteiger partial charge in [-0.2, -0.15) is 18.3 Å². The van der Waals surface area contributed by atoms with Gasteiger partial charge in [-0.1, -0.05) is 36.8 Å². The first-order valence-corrected chi connectivity index (χ1v) is 23.2. The molecule has 2 bridgehead atoms. The lowest BCUT2D eigenvalue weighted by atomic mass is 9.90. The van der Waals surface area contributed by atoms with E-state index in [2.05, 4.69) is 36.9 Å². The number of nitrogens with one attached hydrogen (secondary N) is 3. The quantitative estimate of drug-likeness (QED) is 0.104. The monoisotopic (exact) mass is 949 g/mol. The SMILES string of the molecule is Nc1ncc2c3c1c(-c1ccc(C(=O)Nc4cc(C(F)(F)F)ccn4)cc1)nn3[C@H]1C[C@H](C(=O)NCCCCC/C=C/2)N(C(=O)CCN2CCN(c3ccc(C4CCC(=O)NC4=O)cc3F)CC2)C1. The average Bonchev–Trinajstić information content (AvgIpc) is 3.96. The fourth-order valence-corrected chi connectivity index (χ4v) is 9.69. The molecule has 360 valence electrons. The Balaban J connectivity index is 0.922. The Kier molecular flexibility index (Phi) is 13.4. The normalized spacial score (nSPS) is 21.0. The molecule has 3 saturated heterocycles. The van der Waals surface area contributed by atoms with Crippen molar-refractivity contribution in [2.24, 2.45) is 0 Å². The number of piperidine rings is 1. The van der Waals surface area contributed by atoms with Gasteiger partial charge in [0, 0.05) is 94.2 Å². The van der Waals surface area contributed by atoms with Crippen LogP contribution in [0.15, 0.2) is 73.1 Å². The third-order valence-corrected chi connectivity index (χ3v) is 13.4. The topological polar surface area (TPSA) is 201 Å². The summed E-state index contributed by atoms with van der Waals surface area (Å²) in [6.07, 6.45) is 6.39. The van der Waals surface area contributed by atoms with Crippen molar-refractivity contribution >= 4 is 63.8 Å². The Morgan fingerprint density at radius 1 is 0.928 bits per heavy atom. The molecule has 5 N–H and O–H groups in total. The molecule has 20 heteroatoms. The fraction of sp³-hybridized carbons (Fsp3) is 0.388. The van der Waals surface area contributed by atoms with Crippen LogP contribution >= 0.6 is 0 Å². The molecule has 5 amide bonds. The van der Waals surface area contributed by atoms with Crippen LogP contribution in [0.2, 0.25) is 0 Å². The number of anilines is 3. The number of amides is 5. The summed E-state index contributed by atoms with van der Waals surface area (Å²) in [5.41, 5.74) is 9.22. The molecule has 7 heterocycles. The number of hydrogen-bond donors (Lipinski definition) is 4. The second-order valence-corrected chi connectivity index (χ2v) is 17.9. The van der Waals surface area contributed by atoms with Crippen LogP contribution < -0.4 is 26.6 Å². The van der Waals surface area contributed by atoms with E-state index in [1.54, 1.807) is 35.4 Å². The van der Waals surface area contributed by atoms with Gasteiger partial charge in [-0.25, -0.2) is 14.4 Å². The minimum atomic E-state index is -4.61. The highest BCUT2D eigenvalue weighted by Gasteiger charge is 2.42. The predicted octanol–water partition coefficient (Wildman–Crippen LogP) is 6.06. The van der Waals surface area contributed by atoms with Gasteiger partial charge in [0.05, 0.1) is 34.1 Å². The summed E-state index contributed by atoms with van der Waals surface area (Å²) in [7, 11) is 0. The number of imide groups is 1. The van der Waals surface area contributed by atoms with Gasteiger partial charge in [-0.15, -0.1) is 0 Å². The number of halogens is 4. The van der Waals surface area contributed by atoms with Crippen LogP contribution in [0.25, 0.3) is 28.2 Å². The summed E-state index contributed by atoms with van der Waals surface area (Å²) < 4.78 is 57.2. The van der Waals surface area contributed by atoms with Crippen LogP contribution in [-0.4, -0.2) is 111 Å². The third kappa shape index (κ3) is 10.2. The van der Waals surface area contributed by atoms with Gasteiger partial charge in [-0.3, -0.25) is 38.9 Å². The van der Waals surface area contributed by atoms with Crippen molar-refractivity contribution in [2.75, 3.05) is 61.8 Å². The first-order valence-electron chi connectivity index (χ1n) is 23.2. The number of fused-ring (bicyclic) bond motifs is 3. The molecule has 0 spiro atoms. The Morgan fingerprint density at radius 3 is 2.48 bits per heavy atom. The Morgan fingerprint density at radius 2 is 1.72 bits per heavy atom. The molecule has 2 aromatic carbocycles. The number of nitrogens with two attached hydrogens (primary N) is 1. The molecule has 5 aromatic rings. The maximum absolute atomic E-state index is 15.5. The van der Waals surface area contributed by atoms with Gasteiger partial charge < -0.3 is 26.2 Å². The fourth-order valence-electron chi connectivity index (χ4n) is 9.69. The number of piperazine rings is 1. The van der Waals surface area contributed by atoms with Crippen molar-refractivity contribution in [2.45, 2.75) is 75.5 Å². The molecule has 4 aliphatic heterocycles. The zero-order chi connectivity index (χ0) is 48.4. The van der Waals surface area contributed by atoms with Crippen molar-refractivity contribution in [1.82, 2.24) is 40.2 Å². The summed E-state index contributed by atoms with van der Waals surface area (Å²) in [5, 5.41) is 13.5. The number of pyridine rings is 2. The van der Waals surface area contributed by atoms with E-state index in [1.165, 1.54) is 18.2 Å². The molecule has 16 nitrogen and oxygen atoms in total. The van der Waals surface area contributed by atoms with Crippen LogP contribution in [0.4, 0.5) is 34.9 Å². The summed E-state index contributed by atoms with van der Waals surface area (Å²) in [5.74, 6) is -2.94. The molecule has 0 saturated carbocycles. The maximum Gasteiger partial charge on any atom is 0.416 e. The van der Waals surface area contributed by atoms with Crippen molar-refractivity contribution in [1.29, 1.82) is 0 Å². The molecule has 4 aliphatic rings. The summed E-state index contributed by atoms with van der Waals surface area (Å²) in [4.78, 5) is 79.5. The maximum atomic E-state index is 15.5. The predicted molar refractivity (Wildman–Crippen MR) is 249 cm³/mol. The third-order valence-electron chi connectivity index (χ3n) is 13.4. The first kappa shape index (κ1) is 46.9. The van der Waals surface area contributed by atoms with E-state index in [1.807, 2.05) is 15.7 Å². The largest absolute Gasteiger partial charge is 0.416 e. The second-order valence-electron chi connectivity index (χ2n) is 17.9. The van der Waals surface area contributed by atoms with Gasteiger partial charge in [0.2, 0.25) is 23.6 Å². The first-order chi connectivity index (χ1) is 33.2. The molecule has 0 aliphatic carbocycles. The van der Waals surface area contributed by atoms with Crippen LogP contribution in [0.5, 0.6) is 0 Å². The highest BCUT2D eigenvalue weighted by molar-refractivity contribution is 6.06. The van der Waals surface area contributed by atoms with E-state index in [4.69, 9.17) is 10.8 Å². The minimum absolute atomic E-state index is 0.144. The van der Waals surface area contributed by atoms with E-state index in [0.29, 0.717) is 79.1 Å². The number of benzene rings is 2. The summed E-state index contributed by atoms with van der Waals surface area (Å²) in [6.45, 7) is 3.24. The number of rotatable bonds is 8. The summed E-state index contributed by atoms with van der Waals surface area (Å²) in [6, 6.07) is 11.5. The van der Waals surface area contributed by atoms with Crippen LogP contribution in [-0.2, 0) is 25.4 Å². The van der Waals surface area contributed by atoms with E-state index >= 15 is 4.39 Å². The number of nitrogen functional groups attached to an aromatic ring is 1. The molecule has 3 fully saturated rings. The highest BCUT2D eigenvalue weighted by Crippen LogP contribution is 2.39. The minimum Gasteiger partial charge on any atom is -0.383 e. The zero-order valence-corrected chi connectivity index (χ0v) is 37.6. The van der Waals surface area contributed by atoms with Gasteiger partial charge >= 0.3 is 6.18 Å². The van der Waals surface area contributed by atoms with Gasteiger partial charge in [0.15, 0.2) is 0 Å². The Hall–Kier alpha value is -7.22. The number of hydrogen-bond acceptors (Lipinski definition) is 11. The van der Waals surface area contributed by atoms with E-state index in [9.17, 15) is 37.1 Å².